The van der Waals surface area contributed by atoms with E-state index in [0.717, 1.165) is 0 Å². The quantitative estimate of drug-likeness (QED) is 0.634. The Hall–Kier alpha value is 0.680. The molecule has 0 atom stereocenters. The molecule has 0 spiro atoms. The maximum atomic E-state index is 11.8. The van der Waals surface area contributed by atoms with Gasteiger partial charge in [-0.15, -0.1) is 0 Å². The molecule has 0 unspecified atom stereocenters. The van der Waals surface area contributed by atoms with Crippen molar-refractivity contribution in [3.05, 3.63) is 0 Å². The van der Waals surface area contributed by atoms with E-state index >= 15 is 0 Å². The third kappa shape index (κ3) is 12.4. The molecule has 0 heterocycles. The summed E-state index contributed by atoms with van der Waals surface area (Å²) in [4.78, 5) is 0. The second-order valence-electron chi connectivity index (χ2n) is 8.50. The Kier molecular flexibility index (Phi) is 5.28. The average Bonchev–Trinajstić information content (AvgIpc) is 1.87. The zero-order chi connectivity index (χ0) is 16.7. The first-order valence-electron chi connectivity index (χ1n) is 6.02. The monoisotopic (exact) mass is 370 g/mol. The first-order valence-corrected chi connectivity index (χ1v) is 17.1. The Bertz CT molecular complexity index is 502. The van der Waals surface area contributed by atoms with Crippen LogP contribution in [0.3, 0.4) is 0 Å². The van der Waals surface area contributed by atoms with Gasteiger partial charge in [0.05, 0.1) is 0 Å². The summed E-state index contributed by atoms with van der Waals surface area (Å²) in [5.41, 5.74) is 0. The summed E-state index contributed by atoms with van der Waals surface area (Å²) in [5, 5.41) is 0. The van der Waals surface area contributed by atoms with E-state index in [4.69, 9.17) is 7.94 Å². The molecule has 0 aliphatic rings. The van der Waals surface area contributed by atoms with Crippen molar-refractivity contribution in [1.29, 1.82) is 0 Å². The molecule has 0 aliphatic carbocycles. The van der Waals surface area contributed by atoms with Crippen LogP contribution in [0.1, 0.15) is 0 Å². The molecule has 126 valence electrons. The summed E-state index contributed by atoms with van der Waals surface area (Å²) in [6.07, 6.45) is 0. The van der Waals surface area contributed by atoms with E-state index in [1.165, 1.54) is 0 Å². The van der Waals surface area contributed by atoms with Gasteiger partial charge in [-0.3, -0.25) is 0 Å². The molecule has 0 N–H and O–H groups in total. The van der Waals surface area contributed by atoms with Crippen LogP contribution in [-0.2, 0) is 28.2 Å². The van der Waals surface area contributed by atoms with Crippen LogP contribution in [0, 0.1) is 0 Å². The summed E-state index contributed by atoms with van der Waals surface area (Å²) >= 11 is 0. The van der Waals surface area contributed by atoms with E-state index in [0.29, 0.717) is 0 Å². The molecule has 20 heavy (non-hydrogen) atoms. The van der Waals surface area contributed by atoms with Crippen molar-refractivity contribution >= 4 is 33.9 Å². The third-order valence-electron chi connectivity index (χ3n) is 1.41. The predicted molar refractivity (Wildman–Crippen MR) is 91.0 cm³/mol. The van der Waals surface area contributed by atoms with Gasteiger partial charge in [-0.2, -0.15) is 0 Å². The van der Waals surface area contributed by atoms with Crippen molar-refractivity contribution in [2.24, 2.45) is 0 Å². The first kappa shape index (κ1) is 20.7. The van der Waals surface area contributed by atoms with Crippen LogP contribution >= 0.6 is 13.7 Å². The van der Waals surface area contributed by atoms with Crippen molar-refractivity contribution in [2.45, 2.75) is 0 Å². The standard InChI is InChI=1S/C10H28O6P2S2/c1-17(2,3,4)15-19(11,12)9-10-20(13,14)16-18(5,6,7)8/h9-10H2,1-8H3. The van der Waals surface area contributed by atoms with Crippen LogP contribution in [0.5, 0.6) is 0 Å². The molecule has 0 saturated carbocycles. The fraction of sp³-hybridized carbons (Fsp3) is 1.00. The molecule has 0 saturated heterocycles. The Morgan fingerprint density at radius 3 is 0.950 bits per heavy atom. The van der Waals surface area contributed by atoms with Crippen LogP contribution in [-0.4, -0.2) is 81.7 Å². The molecular weight excluding hydrogens is 342 g/mol. The summed E-state index contributed by atoms with van der Waals surface area (Å²) in [6.45, 7) is 8.40. The number of hydrogen-bond donors (Lipinski definition) is 0. The zero-order valence-corrected chi connectivity index (χ0v) is 17.0. The molecule has 0 aromatic heterocycles. The first-order chi connectivity index (χ1) is 8.12. The van der Waals surface area contributed by atoms with Gasteiger partial charge in [-0.05, 0) is 0 Å². The van der Waals surface area contributed by atoms with Gasteiger partial charge in [0, 0.05) is 0 Å². The van der Waals surface area contributed by atoms with Gasteiger partial charge in [0.25, 0.3) is 0 Å². The second-order valence-corrected chi connectivity index (χ2v) is 26.4. The van der Waals surface area contributed by atoms with Gasteiger partial charge in [0.1, 0.15) is 0 Å². The Morgan fingerprint density at radius 2 is 0.800 bits per heavy atom. The fourth-order valence-corrected chi connectivity index (χ4v) is 10.7. The molecule has 10 heteroatoms. The maximum absolute atomic E-state index is 11.8. The molecule has 0 aliphatic heterocycles. The molecule has 0 fully saturated rings. The Balaban J connectivity index is 4.89. The van der Waals surface area contributed by atoms with Crippen LogP contribution in [0.4, 0.5) is 0 Å². The van der Waals surface area contributed by atoms with E-state index < -0.39 is 45.4 Å². The van der Waals surface area contributed by atoms with Gasteiger partial charge in [-0.25, -0.2) is 0 Å². The molecule has 0 aromatic carbocycles. The molecule has 0 amide bonds. The van der Waals surface area contributed by atoms with Crippen LogP contribution < -0.4 is 0 Å². The third-order valence-corrected chi connectivity index (χ3v) is 9.66. The van der Waals surface area contributed by atoms with Crippen LogP contribution in [0.25, 0.3) is 0 Å². The van der Waals surface area contributed by atoms with E-state index in [-0.39, 0.29) is 0 Å². The summed E-state index contributed by atoms with van der Waals surface area (Å²) in [5.74, 6) is -1.19. The van der Waals surface area contributed by atoms with Gasteiger partial charge in [-0.1, -0.05) is 0 Å². The number of rotatable bonds is 7. The zero-order valence-electron chi connectivity index (χ0n) is 13.6. The van der Waals surface area contributed by atoms with E-state index in [1.54, 1.807) is 53.3 Å². The Morgan fingerprint density at radius 1 is 0.600 bits per heavy atom. The van der Waals surface area contributed by atoms with E-state index in [9.17, 15) is 16.8 Å². The SMILES string of the molecule is CP(C)(C)(C)OS(=O)(=O)CCS(=O)(=O)OP(C)(C)(C)C. The van der Waals surface area contributed by atoms with Gasteiger partial charge in [0.2, 0.25) is 0 Å². The molecular formula is C10H28O6P2S2. The summed E-state index contributed by atoms with van der Waals surface area (Å²) in [7, 11) is -7.79. The van der Waals surface area contributed by atoms with Gasteiger partial charge >= 0.3 is 123 Å². The van der Waals surface area contributed by atoms with Crippen molar-refractivity contribution in [3.8, 4) is 0 Å². The van der Waals surface area contributed by atoms with Crippen LogP contribution in [0.15, 0.2) is 0 Å². The fourth-order valence-electron chi connectivity index (χ4n) is 1.19. The normalized spacial score (nSPS) is 18.8. The van der Waals surface area contributed by atoms with Crippen LogP contribution in [0.2, 0.25) is 0 Å². The second kappa shape index (κ2) is 5.10. The minimum absolute atomic E-state index is 0.594. The molecule has 0 rings (SSSR count). The van der Waals surface area contributed by atoms with Crippen molar-refractivity contribution < 1.29 is 24.8 Å². The van der Waals surface area contributed by atoms with E-state index in [1.807, 2.05) is 0 Å². The molecule has 0 bridgehead atoms. The minimum atomic E-state index is -3.89. The van der Waals surface area contributed by atoms with Gasteiger partial charge < -0.3 is 0 Å². The summed E-state index contributed by atoms with van der Waals surface area (Å²) in [6, 6.07) is 0. The van der Waals surface area contributed by atoms with Crippen molar-refractivity contribution in [1.82, 2.24) is 0 Å². The molecule has 6 nitrogen and oxygen atoms in total. The van der Waals surface area contributed by atoms with Gasteiger partial charge in [0.15, 0.2) is 0 Å². The predicted octanol–water partition coefficient (Wildman–Crippen LogP) is 1.65. The molecule has 0 aromatic rings. The summed E-state index contributed by atoms with van der Waals surface area (Å²) < 4.78 is 57.7. The number of hydrogen-bond acceptors (Lipinski definition) is 6. The van der Waals surface area contributed by atoms with E-state index in [2.05, 4.69) is 0 Å². The Labute approximate surface area is 123 Å². The molecule has 0 radical (unpaired) electrons. The average molecular weight is 370 g/mol. The topological polar surface area (TPSA) is 86.7 Å². The van der Waals surface area contributed by atoms with Crippen molar-refractivity contribution in [3.63, 3.8) is 0 Å². The van der Waals surface area contributed by atoms with Crippen molar-refractivity contribution in [2.75, 3.05) is 64.8 Å².